The highest BCUT2D eigenvalue weighted by molar-refractivity contribution is 6.07. The highest BCUT2D eigenvalue weighted by atomic mass is 16.5. The standard InChI is InChI=1S/C22H22N4O4/c1-14(15-4-8-17(29-2)9-5-15)25-22(28)19-20(24-13-12-23-19)26-21(27)16-6-10-18(30-3)11-7-16/h4-14H,1-3H3,(H,25,28)(H,24,26,27)/t14-/m0/s1. The summed E-state index contributed by atoms with van der Waals surface area (Å²) < 4.78 is 10.2. The summed E-state index contributed by atoms with van der Waals surface area (Å²) in [6, 6.07) is 13.7. The van der Waals surface area contributed by atoms with Gasteiger partial charge in [-0.3, -0.25) is 9.59 Å². The van der Waals surface area contributed by atoms with E-state index in [-0.39, 0.29) is 17.6 Å². The maximum absolute atomic E-state index is 12.8. The van der Waals surface area contributed by atoms with Crippen molar-refractivity contribution in [2.75, 3.05) is 19.5 Å². The molecule has 0 spiro atoms. The van der Waals surface area contributed by atoms with Crippen LogP contribution in [0.1, 0.15) is 39.4 Å². The average Bonchev–Trinajstić information content (AvgIpc) is 2.79. The molecule has 154 valence electrons. The van der Waals surface area contributed by atoms with Crippen LogP contribution in [0.4, 0.5) is 5.82 Å². The van der Waals surface area contributed by atoms with E-state index in [4.69, 9.17) is 9.47 Å². The van der Waals surface area contributed by atoms with Gasteiger partial charge in [0.05, 0.1) is 20.3 Å². The largest absolute Gasteiger partial charge is 0.497 e. The van der Waals surface area contributed by atoms with Crippen LogP contribution in [0.2, 0.25) is 0 Å². The van der Waals surface area contributed by atoms with Gasteiger partial charge in [-0.1, -0.05) is 12.1 Å². The van der Waals surface area contributed by atoms with Crippen molar-refractivity contribution in [2.45, 2.75) is 13.0 Å². The number of hydrogen-bond donors (Lipinski definition) is 2. The van der Waals surface area contributed by atoms with Gasteiger partial charge in [-0.25, -0.2) is 9.97 Å². The number of amides is 2. The van der Waals surface area contributed by atoms with E-state index in [0.717, 1.165) is 11.3 Å². The third-order valence-electron chi connectivity index (χ3n) is 4.46. The van der Waals surface area contributed by atoms with E-state index < -0.39 is 11.8 Å². The molecule has 0 fully saturated rings. The summed E-state index contributed by atoms with van der Waals surface area (Å²) in [6.45, 7) is 1.85. The van der Waals surface area contributed by atoms with E-state index in [2.05, 4.69) is 20.6 Å². The quantitative estimate of drug-likeness (QED) is 0.625. The van der Waals surface area contributed by atoms with Crippen LogP contribution in [0.3, 0.4) is 0 Å². The predicted octanol–water partition coefficient (Wildman–Crippen LogP) is 3.24. The summed E-state index contributed by atoms with van der Waals surface area (Å²) in [5, 5.41) is 5.51. The smallest absolute Gasteiger partial charge is 0.274 e. The molecule has 0 radical (unpaired) electrons. The van der Waals surface area contributed by atoms with Crippen LogP contribution >= 0.6 is 0 Å². The van der Waals surface area contributed by atoms with Gasteiger partial charge in [0.25, 0.3) is 11.8 Å². The summed E-state index contributed by atoms with van der Waals surface area (Å²) in [4.78, 5) is 33.5. The number of hydrogen-bond acceptors (Lipinski definition) is 6. The summed E-state index contributed by atoms with van der Waals surface area (Å²) in [6.07, 6.45) is 2.81. The Balaban J connectivity index is 1.73. The zero-order valence-corrected chi connectivity index (χ0v) is 16.9. The maximum atomic E-state index is 12.8. The van der Waals surface area contributed by atoms with Crippen LogP contribution in [0.5, 0.6) is 11.5 Å². The second kappa shape index (κ2) is 9.51. The van der Waals surface area contributed by atoms with Crippen molar-refractivity contribution in [3.8, 4) is 11.5 Å². The van der Waals surface area contributed by atoms with Gasteiger partial charge in [0.1, 0.15) is 11.5 Å². The zero-order valence-electron chi connectivity index (χ0n) is 16.9. The molecule has 0 bridgehead atoms. The van der Waals surface area contributed by atoms with Crippen LogP contribution < -0.4 is 20.1 Å². The lowest BCUT2D eigenvalue weighted by molar-refractivity contribution is 0.0935. The predicted molar refractivity (Wildman–Crippen MR) is 112 cm³/mol. The molecule has 0 aliphatic heterocycles. The van der Waals surface area contributed by atoms with Gasteiger partial charge in [-0.05, 0) is 48.9 Å². The Morgan fingerprint density at radius 3 is 2.00 bits per heavy atom. The van der Waals surface area contributed by atoms with Gasteiger partial charge in [0, 0.05) is 18.0 Å². The Hall–Kier alpha value is -3.94. The lowest BCUT2D eigenvalue weighted by Gasteiger charge is -2.15. The second-order valence-electron chi connectivity index (χ2n) is 6.40. The van der Waals surface area contributed by atoms with Gasteiger partial charge in [-0.15, -0.1) is 0 Å². The fourth-order valence-corrected chi connectivity index (χ4v) is 2.76. The van der Waals surface area contributed by atoms with Crippen molar-refractivity contribution < 1.29 is 19.1 Å². The normalized spacial score (nSPS) is 11.3. The van der Waals surface area contributed by atoms with Gasteiger partial charge in [0.2, 0.25) is 0 Å². The molecule has 0 aliphatic carbocycles. The summed E-state index contributed by atoms with van der Waals surface area (Å²) in [5.41, 5.74) is 1.33. The van der Waals surface area contributed by atoms with Crippen LogP contribution in [0, 0.1) is 0 Å². The molecule has 30 heavy (non-hydrogen) atoms. The average molecular weight is 406 g/mol. The molecular formula is C22H22N4O4. The van der Waals surface area contributed by atoms with Crippen LogP contribution in [0.25, 0.3) is 0 Å². The number of ether oxygens (including phenoxy) is 2. The first-order chi connectivity index (χ1) is 14.5. The number of carbonyl (C=O) groups is 2. The molecule has 0 unspecified atom stereocenters. The lowest BCUT2D eigenvalue weighted by Crippen LogP contribution is -2.29. The Morgan fingerprint density at radius 1 is 0.833 bits per heavy atom. The number of rotatable bonds is 7. The Kier molecular flexibility index (Phi) is 6.59. The molecule has 1 heterocycles. The molecule has 8 heteroatoms. The van der Waals surface area contributed by atoms with Crippen molar-refractivity contribution in [2.24, 2.45) is 0 Å². The SMILES string of the molecule is COc1ccc(C(=O)Nc2nccnc2C(=O)N[C@@H](C)c2ccc(OC)cc2)cc1. The van der Waals surface area contributed by atoms with Gasteiger partial charge in [-0.2, -0.15) is 0 Å². The lowest BCUT2D eigenvalue weighted by atomic mass is 10.1. The first-order valence-corrected chi connectivity index (χ1v) is 9.23. The maximum Gasteiger partial charge on any atom is 0.274 e. The van der Waals surface area contributed by atoms with Crippen molar-refractivity contribution in [1.29, 1.82) is 0 Å². The molecule has 2 N–H and O–H groups in total. The van der Waals surface area contributed by atoms with Crippen molar-refractivity contribution in [1.82, 2.24) is 15.3 Å². The fraction of sp³-hybridized carbons (Fsp3) is 0.182. The second-order valence-corrected chi connectivity index (χ2v) is 6.40. The van der Waals surface area contributed by atoms with E-state index in [0.29, 0.717) is 11.3 Å². The zero-order chi connectivity index (χ0) is 21.5. The molecule has 2 amide bonds. The molecule has 3 aromatic rings. The number of nitrogens with one attached hydrogen (secondary N) is 2. The number of carbonyl (C=O) groups excluding carboxylic acids is 2. The first kappa shape index (κ1) is 20.8. The molecule has 1 aromatic heterocycles. The molecular weight excluding hydrogens is 384 g/mol. The van der Waals surface area contributed by atoms with Crippen molar-refractivity contribution in [3.05, 3.63) is 77.7 Å². The number of benzene rings is 2. The van der Waals surface area contributed by atoms with Crippen molar-refractivity contribution >= 4 is 17.6 Å². The molecule has 0 saturated heterocycles. The van der Waals surface area contributed by atoms with E-state index >= 15 is 0 Å². The van der Waals surface area contributed by atoms with Crippen LogP contribution in [0.15, 0.2) is 60.9 Å². The number of methoxy groups -OCH3 is 2. The topological polar surface area (TPSA) is 102 Å². The molecule has 8 nitrogen and oxygen atoms in total. The Labute approximate surface area is 174 Å². The van der Waals surface area contributed by atoms with E-state index in [1.165, 1.54) is 12.4 Å². The minimum atomic E-state index is -0.448. The molecule has 0 aliphatic rings. The Bertz CT molecular complexity index is 1020. The number of anilines is 1. The molecule has 2 aromatic carbocycles. The fourth-order valence-electron chi connectivity index (χ4n) is 2.76. The number of nitrogens with zero attached hydrogens (tertiary/aromatic N) is 2. The molecule has 3 rings (SSSR count). The van der Waals surface area contributed by atoms with Crippen molar-refractivity contribution in [3.63, 3.8) is 0 Å². The monoisotopic (exact) mass is 406 g/mol. The van der Waals surface area contributed by atoms with E-state index in [1.807, 2.05) is 31.2 Å². The van der Waals surface area contributed by atoms with Gasteiger partial charge < -0.3 is 20.1 Å². The van der Waals surface area contributed by atoms with Crippen LogP contribution in [-0.2, 0) is 0 Å². The minimum absolute atomic E-state index is 0.0275. The highest BCUT2D eigenvalue weighted by Gasteiger charge is 2.19. The third kappa shape index (κ3) is 4.91. The first-order valence-electron chi connectivity index (χ1n) is 9.23. The summed E-state index contributed by atoms with van der Waals surface area (Å²) in [7, 11) is 3.14. The third-order valence-corrected chi connectivity index (χ3v) is 4.46. The molecule has 0 saturated carbocycles. The highest BCUT2D eigenvalue weighted by Crippen LogP contribution is 2.19. The number of aromatic nitrogens is 2. The Morgan fingerprint density at radius 2 is 1.40 bits per heavy atom. The summed E-state index contributed by atoms with van der Waals surface area (Å²) in [5.74, 6) is 0.595. The molecule has 1 atom stereocenters. The van der Waals surface area contributed by atoms with Gasteiger partial charge >= 0.3 is 0 Å². The van der Waals surface area contributed by atoms with E-state index in [1.54, 1.807) is 38.5 Å². The minimum Gasteiger partial charge on any atom is -0.497 e. The van der Waals surface area contributed by atoms with E-state index in [9.17, 15) is 9.59 Å². The van der Waals surface area contributed by atoms with Gasteiger partial charge in [0.15, 0.2) is 11.5 Å². The van der Waals surface area contributed by atoms with Crippen LogP contribution in [-0.4, -0.2) is 36.0 Å². The summed E-state index contributed by atoms with van der Waals surface area (Å²) >= 11 is 0.